The van der Waals surface area contributed by atoms with Crippen molar-refractivity contribution in [3.8, 4) is 0 Å². The molecular weight excluding hydrogens is 286 g/mol. The normalized spacial score (nSPS) is 38.0. The van der Waals surface area contributed by atoms with Crippen LogP contribution in [0.3, 0.4) is 0 Å². The van der Waals surface area contributed by atoms with Crippen LogP contribution in [0.1, 0.15) is 63.1 Å². The number of nitrogens with one attached hydrogen (secondary N) is 1. The summed E-state index contributed by atoms with van der Waals surface area (Å²) in [4.78, 5) is 17.4. The van der Waals surface area contributed by atoms with Gasteiger partial charge in [-0.25, -0.2) is 4.98 Å². The van der Waals surface area contributed by atoms with Gasteiger partial charge in [0.1, 0.15) is 5.82 Å². The van der Waals surface area contributed by atoms with Crippen molar-refractivity contribution in [3.63, 3.8) is 0 Å². The van der Waals surface area contributed by atoms with Gasteiger partial charge in [0.05, 0.1) is 0 Å². The molecule has 4 nitrogen and oxygen atoms in total. The first kappa shape index (κ1) is 14.1. The van der Waals surface area contributed by atoms with Gasteiger partial charge in [-0.05, 0) is 69.1 Å². The van der Waals surface area contributed by atoms with E-state index in [4.69, 9.17) is 0 Å². The third-order valence-corrected chi connectivity index (χ3v) is 6.85. The lowest BCUT2D eigenvalue weighted by Crippen LogP contribution is -2.53. The Morgan fingerprint density at radius 2 is 1.83 bits per heavy atom. The number of hydrogen-bond acceptors (Lipinski definition) is 2. The fourth-order valence-electron chi connectivity index (χ4n) is 6.08. The third kappa shape index (κ3) is 2.41. The van der Waals surface area contributed by atoms with Crippen molar-refractivity contribution in [1.82, 2.24) is 14.9 Å². The zero-order chi connectivity index (χ0) is 15.4. The van der Waals surface area contributed by atoms with Crippen LogP contribution in [0.4, 0.5) is 0 Å². The third-order valence-electron chi connectivity index (χ3n) is 6.85. The van der Waals surface area contributed by atoms with E-state index in [2.05, 4.69) is 21.1 Å². The minimum Gasteiger partial charge on any atom is -0.354 e. The van der Waals surface area contributed by atoms with Crippen molar-refractivity contribution in [2.24, 2.45) is 23.2 Å². The lowest BCUT2D eigenvalue weighted by Gasteiger charge is -2.55. The number of rotatable bonds is 5. The lowest BCUT2D eigenvalue weighted by atomic mass is 9.49. The molecule has 1 aromatic rings. The molecule has 0 radical (unpaired) electrons. The average Bonchev–Trinajstić information content (AvgIpc) is 3.25. The van der Waals surface area contributed by atoms with Crippen molar-refractivity contribution in [1.29, 1.82) is 0 Å². The topological polar surface area (TPSA) is 46.9 Å². The fraction of sp³-hybridized carbons (Fsp3) is 0.789. The van der Waals surface area contributed by atoms with Gasteiger partial charge in [0.15, 0.2) is 0 Å². The number of imidazole rings is 1. The first-order chi connectivity index (χ1) is 11.2. The molecule has 1 amide bonds. The molecule has 124 valence electrons. The standard InChI is InChI=1S/C19H27N3O/c23-18(19-10-13-7-14(11-19)9-15(8-13)12-19)21-4-6-22-5-3-20-17(22)16-1-2-16/h3,5,13-16H,1-2,4,6-12H2,(H,21,23). The van der Waals surface area contributed by atoms with E-state index in [-0.39, 0.29) is 5.41 Å². The highest BCUT2D eigenvalue weighted by atomic mass is 16.2. The van der Waals surface area contributed by atoms with Gasteiger partial charge >= 0.3 is 0 Å². The Balaban J connectivity index is 1.21. The summed E-state index contributed by atoms with van der Waals surface area (Å²) in [7, 11) is 0. The molecule has 5 aliphatic carbocycles. The number of hydrogen-bond donors (Lipinski definition) is 1. The second kappa shape index (κ2) is 5.09. The fourth-order valence-corrected chi connectivity index (χ4v) is 6.08. The molecule has 1 aromatic heterocycles. The summed E-state index contributed by atoms with van der Waals surface area (Å²) >= 11 is 0. The van der Waals surface area contributed by atoms with E-state index in [1.807, 2.05) is 6.20 Å². The number of carbonyl (C=O) groups excluding carboxylic acids is 1. The van der Waals surface area contributed by atoms with Crippen LogP contribution < -0.4 is 5.32 Å². The van der Waals surface area contributed by atoms with Gasteiger partial charge in [-0.15, -0.1) is 0 Å². The van der Waals surface area contributed by atoms with Crippen LogP contribution in [0.5, 0.6) is 0 Å². The zero-order valence-corrected chi connectivity index (χ0v) is 13.8. The van der Waals surface area contributed by atoms with E-state index in [0.717, 1.165) is 50.1 Å². The molecule has 0 aliphatic heterocycles. The zero-order valence-electron chi connectivity index (χ0n) is 13.8. The van der Waals surface area contributed by atoms with Crippen LogP contribution in [-0.2, 0) is 11.3 Å². The largest absolute Gasteiger partial charge is 0.354 e. The summed E-state index contributed by atoms with van der Waals surface area (Å²) in [5.74, 6) is 4.74. The van der Waals surface area contributed by atoms with Crippen LogP contribution in [0, 0.1) is 23.2 Å². The van der Waals surface area contributed by atoms with Crippen LogP contribution in [0.2, 0.25) is 0 Å². The van der Waals surface area contributed by atoms with Crippen molar-refractivity contribution >= 4 is 5.91 Å². The summed E-state index contributed by atoms with van der Waals surface area (Å²) in [6.07, 6.45) is 14.2. The molecule has 0 aromatic carbocycles. The van der Waals surface area contributed by atoms with Gasteiger partial charge in [-0.2, -0.15) is 0 Å². The average molecular weight is 313 g/mol. The minimum absolute atomic E-state index is 0.0109. The van der Waals surface area contributed by atoms with Crippen LogP contribution in [0.15, 0.2) is 12.4 Å². The van der Waals surface area contributed by atoms with Gasteiger partial charge in [0.2, 0.25) is 5.91 Å². The first-order valence-electron chi connectivity index (χ1n) is 9.51. The Kier molecular flexibility index (Phi) is 3.11. The first-order valence-corrected chi connectivity index (χ1v) is 9.51. The highest BCUT2D eigenvalue weighted by Gasteiger charge is 2.54. The maximum absolute atomic E-state index is 12.9. The van der Waals surface area contributed by atoms with Crippen molar-refractivity contribution in [2.75, 3.05) is 6.54 Å². The predicted molar refractivity (Wildman–Crippen MR) is 87.8 cm³/mol. The Bertz CT molecular complexity index is 581. The molecule has 5 saturated carbocycles. The maximum atomic E-state index is 12.9. The van der Waals surface area contributed by atoms with Gasteiger partial charge in [0, 0.05) is 36.8 Å². The maximum Gasteiger partial charge on any atom is 0.226 e. The summed E-state index contributed by atoms with van der Waals surface area (Å²) in [6, 6.07) is 0. The van der Waals surface area contributed by atoms with E-state index in [1.165, 1.54) is 37.9 Å². The van der Waals surface area contributed by atoms with Crippen molar-refractivity contribution < 1.29 is 4.79 Å². The Morgan fingerprint density at radius 3 is 2.43 bits per heavy atom. The molecular formula is C19H27N3O. The Labute approximate surface area is 138 Å². The SMILES string of the molecule is O=C(NCCn1ccnc1C1CC1)C12CC3CC(CC(C3)C1)C2. The van der Waals surface area contributed by atoms with Crippen LogP contribution >= 0.6 is 0 Å². The molecule has 5 fully saturated rings. The second-order valence-corrected chi connectivity index (χ2v) is 8.71. The molecule has 0 saturated heterocycles. The molecule has 4 bridgehead atoms. The molecule has 0 unspecified atom stereocenters. The van der Waals surface area contributed by atoms with Gasteiger partial charge in [0.25, 0.3) is 0 Å². The van der Waals surface area contributed by atoms with Crippen LogP contribution in [-0.4, -0.2) is 22.0 Å². The second-order valence-electron chi connectivity index (χ2n) is 8.71. The highest BCUT2D eigenvalue weighted by Crippen LogP contribution is 2.60. The molecule has 0 spiro atoms. The molecule has 5 aliphatic rings. The van der Waals surface area contributed by atoms with Gasteiger partial charge in [-0.1, -0.05) is 0 Å². The van der Waals surface area contributed by atoms with Gasteiger partial charge < -0.3 is 9.88 Å². The van der Waals surface area contributed by atoms with Crippen molar-refractivity contribution in [2.45, 2.75) is 63.8 Å². The predicted octanol–water partition coefficient (Wildman–Crippen LogP) is 3.09. The Morgan fingerprint density at radius 1 is 1.17 bits per heavy atom. The summed E-state index contributed by atoms with van der Waals surface area (Å²) in [6.45, 7) is 1.61. The van der Waals surface area contributed by atoms with Gasteiger partial charge in [-0.3, -0.25) is 4.79 Å². The van der Waals surface area contributed by atoms with E-state index in [1.54, 1.807) is 0 Å². The van der Waals surface area contributed by atoms with Crippen LogP contribution in [0.25, 0.3) is 0 Å². The summed E-state index contributed by atoms with van der Waals surface area (Å²) in [5, 5.41) is 3.28. The quantitative estimate of drug-likeness (QED) is 0.908. The summed E-state index contributed by atoms with van der Waals surface area (Å²) < 4.78 is 2.23. The van der Waals surface area contributed by atoms with E-state index < -0.39 is 0 Å². The van der Waals surface area contributed by atoms with E-state index in [9.17, 15) is 4.79 Å². The molecule has 0 atom stereocenters. The monoisotopic (exact) mass is 313 g/mol. The minimum atomic E-state index is -0.0109. The van der Waals surface area contributed by atoms with E-state index in [0.29, 0.717) is 11.8 Å². The lowest BCUT2D eigenvalue weighted by molar-refractivity contribution is -0.146. The molecule has 4 heteroatoms. The van der Waals surface area contributed by atoms with E-state index >= 15 is 0 Å². The highest BCUT2D eigenvalue weighted by molar-refractivity contribution is 5.83. The molecule has 23 heavy (non-hydrogen) atoms. The van der Waals surface area contributed by atoms with Crippen molar-refractivity contribution in [3.05, 3.63) is 18.2 Å². The summed E-state index contributed by atoms with van der Waals surface area (Å²) in [5.41, 5.74) is -0.0109. The Hall–Kier alpha value is -1.32. The molecule has 1 heterocycles. The molecule has 1 N–H and O–H groups in total. The number of nitrogens with zero attached hydrogens (tertiary/aromatic N) is 2. The number of aromatic nitrogens is 2. The molecule has 6 rings (SSSR count). The number of amides is 1. The number of carbonyl (C=O) groups is 1. The smallest absolute Gasteiger partial charge is 0.226 e.